The van der Waals surface area contributed by atoms with Crippen molar-refractivity contribution in [1.29, 1.82) is 0 Å². The van der Waals surface area contributed by atoms with Gasteiger partial charge in [0.1, 0.15) is 0 Å². The van der Waals surface area contributed by atoms with E-state index in [4.69, 9.17) is 21.5 Å². The first-order chi connectivity index (χ1) is 26.5. The van der Waals surface area contributed by atoms with E-state index in [-0.39, 0.29) is 5.41 Å². The van der Waals surface area contributed by atoms with Crippen LogP contribution in [0.5, 0.6) is 0 Å². The van der Waals surface area contributed by atoms with Crippen LogP contribution in [0.2, 0.25) is 0 Å². The number of hydrogen-bond donors (Lipinski definition) is 0. The maximum absolute atomic E-state index is 8.09. The van der Waals surface area contributed by atoms with Crippen LogP contribution in [0.25, 0.3) is 88.8 Å². The van der Waals surface area contributed by atoms with Gasteiger partial charge in [-0.25, -0.2) is 19.8 Å². The molecule has 0 fully saturated rings. The van der Waals surface area contributed by atoms with Gasteiger partial charge in [0.2, 0.25) is 0 Å². The Balaban J connectivity index is 1.31. The highest BCUT2D eigenvalue weighted by Gasteiger charge is 2.38. The molecule has 5 nitrogen and oxygen atoms in total. The van der Waals surface area contributed by atoms with Crippen LogP contribution in [0.4, 0.5) is 5.69 Å². The van der Waals surface area contributed by atoms with Crippen molar-refractivity contribution in [3.8, 4) is 62.1 Å². The molecule has 0 atom stereocenters. The fourth-order valence-electron chi connectivity index (χ4n) is 8.36. The lowest BCUT2D eigenvalue weighted by Gasteiger charge is -2.24. The van der Waals surface area contributed by atoms with E-state index in [1.54, 1.807) is 0 Å². The maximum Gasteiger partial charge on any atom is 0.194 e. The van der Waals surface area contributed by atoms with Crippen LogP contribution < -0.4 is 0 Å². The summed E-state index contributed by atoms with van der Waals surface area (Å²) >= 11 is 0. The van der Waals surface area contributed by atoms with E-state index in [1.807, 2.05) is 84.9 Å². The molecule has 9 aromatic rings. The van der Waals surface area contributed by atoms with E-state index in [0.717, 1.165) is 39.0 Å². The van der Waals surface area contributed by atoms with Gasteiger partial charge in [-0.05, 0) is 57.6 Å². The fraction of sp³-hybridized carbons (Fsp3) is 0.0612. The highest BCUT2D eigenvalue weighted by Crippen LogP contribution is 2.53. The summed E-state index contributed by atoms with van der Waals surface area (Å²) in [6.45, 7) is 12.8. The summed E-state index contributed by atoms with van der Waals surface area (Å²) in [5.41, 5.74) is 13.2. The van der Waals surface area contributed by atoms with Gasteiger partial charge in [0.15, 0.2) is 23.2 Å². The summed E-state index contributed by atoms with van der Waals surface area (Å²) in [5.74, 6) is 1.76. The highest BCUT2D eigenvalue weighted by atomic mass is 15.0. The fourth-order valence-corrected chi connectivity index (χ4v) is 8.36. The van der Waals surface area contributed by atoms with Gasteiger partial charge in [-0.1, -0.05) is 153 Å². The number of fused-ring (bicyclic) bond motifs is 7. The Labute approximate surface area is 313 Å². The van der Waals surface area contributed by atoms with Crippen molar-refractivity contribution in [3.05, 3.63) is 186 Å². The third kappa shape index (κ3) is 4.88. The first-order valence-corrected chi connectivity index (χ1v) is 18.2. The predicted octanol–water partition coefficient (Wildman–Crippen LogP) is 12.5. The molecule has 0 amide bonds. The molecular formula is C49H33N5. The van der Waals surface area contributed by atoms with Crippen LogP contribution in [0.1, 0.15) is 25.0 Å². The largest absolute Gasteiger partial charge is 0.309 e. The first-order valence-electron chi connectivity index (χ1n) is 18.2. The van der Waals surface area contributed by atoms with Crippen molar-refractivity contribution < 1.29 is 0 Å². The summed E-state index contributed by atoms with van der Waals surface area (Å²) in [5, 5.41) is 2.39. The zero-order valence-corrected chi connectivity index (χ0v) is 29.8. The molecule has 54 heavy (non-hydrogen) atoms. The van der Waals surface area contributed by atoms with Crippen LogP contribution >= 0.6 is 0 Å². The Hall–Kier alpha value is -7.16. The molecule has 0 radical (unpaired) electrons. The molecule has 0 saturated heterocycles. The lowest BCUT2D eigenvalue weighted by atomic mass is 9.81. The van der Waals surface area contributed by atoms with E-state index in [1.165, 1.54) is 38.5 Å². The number of nitrogens with zero attached hydrogens (tertiary/aromatic N) is 5. The van der Waals surface area contributed by atoms with Gasteiger partial charge < -0.3 is 4.57 Å². The minimum Gasteiger partial charge on any atom is -0.309 e. The molecule has 2 heterocycles. The minimum atomic E-state index is -0.238. The third-order valence-corrected chi connectivity index (χ3v) is 10.8. The van der Waals surface area contributed by atoms with Crippen molar-refractivity contribution in [2.75, 3.05) is 0 Å². The maximum atomic E-state index is 8.09. The zero-order valence-electron chi connectivity index (χ0n) is 29.8. The SMILES string of the molecule is [C-]#[N+]c1ccccc1-c1cc(-c2nc(-c3ccccc3)nc(-c3ccccc3)n2)cc(-n2c3ccccc3c3ccc4c(c32)C(C)(C)c2ccccc2-4)c1. The standard InChI is InChI=1S/C49H33N5/c1-49(2)41-23-13-10-21-37(41)39-26-27-40-38-22-12-15-25-43(38)54(45(40)44(39)49)35-29-33(36-20-11-14-24-42(36)50-3)28-34(30-35)48-52-46(31-16-6-4-7-17-31)51-47(53-48)32-18-8-5-9-19-32/h4-30H,1-2H3. The van der Waals surface area contributed by atoms with Crippen molar-refractivity contribution in [2.24, 2.45) is 0 Å². The molecule has 5 heteroatoms. The molecule has 10 rings (SSSR count). The van der Waals surface area contributed by atoms with Gasteiger partial charge in [-0.3, -0.25) is 0 Å². The van der Waals surface area contributed by atoms with Crippen LogP contribution in [-0.4, -0.2) is 19.5 Å². The van der Waals surface area contributed by atoms with E-state index >= 15 is 0 Å². The van der Waals surface area contributed by atoms with Crippen LogP contribution in [0.15, 0.2) is 164 Å². The Morgan fingerprint density at radius 2 is 1.07 bits per heavy atom. The first kappa shape index (κ1) is 31.6. The van der Waals surface area contributed by atoms with Gasteiger partial charge in [-0.2, -0.15) is 0 Å². The topological polar surface area (TPSA) is 48.0 Å². The normalized spacial score (nSPS) is 12.8. The molecule has 1 aliphatic rings. The molecule has 0 aliphatic heterocycles. The summed E-state index contributed by atoms with van der Waals surface area (Å²) in [6.07, 6.45) is 0. The molecular weight excluding hydrogens is 659 g/mol. The van der Waals surface area contributed by atoms with E-state index in [9.17, 15) is 0 Å². The van der Waals surface area contributed by atoms with Crippen LogP contribution in [0, 0.1) is 6.57 Å². The molecule has 254 valence electrons. The minimum absolute atomic E-state index is 0.238. The Morgan fingerprint density at radius 3 is 1.78 bits per heavy atom. The van der Waals surface area contributed by atoms with Crippen molar-refractivity contribution in [2.45, 2.75) is 19.3 Å². The summed E-state index contributed by atoms with van der Waals surface area (Å²) in [4.78, 5) is 19.2. The van der Waals surface area contributed by atoms with Gasteiger partial charge in [-0.15, -0.1) is 0 Å². The smallest absolute Gasteiger partial charge is 0.194 e. The summed E-state index contributed by atoms with van der Waals surface area (Å²) in [6, 6.07) is 56.5. The van der Waals surface area contributed by atoms with Crippen molar-refractivity contribution >= 4 is 27.5 Å². The van der Waals surface area contributed by atoms with Gasteiger partial charge >= 0.3 is 0 Å². The quantitative estimate of drug-likeness (QED) is 0.169. The summed E-state index contributed by atoms with van der Waals surface area (Å²) < 4.78 is 2.42. The molecule has 0 spiro atoms. The number of rotatable bonds is 5. The Morgan fingerprint density at radius 1 is 0.500 bits per heavy atom. The Bertz CT molecular complexity index is 2910. The average Bonchev–Trinajstić information content (AvgIpc) is 3.69. The van der Waals surface area contributed by atoms with E-state index in [0.29, 0.717) is 23.2 Å². The van der Waals surface area contributed by atoms with E-state index < -0.39 is 0 Å². The highest BCUT2D eigenvalue weighted by molar-refractivity contribution is 6.13. The van der Waals surface area contributed by atoms with Gasteiger partial charge in [0.05, 0.1) is 17.6 Å². The predicted molar refractivity (Wildman–Crippen MR) is 220 cm³/mol. The molecule has 0 bridgehead atoms. The molecule has 0 saturated carbocycles. The lowest BCUT2D eigenvalue weighted by molar-refractivity contribution is 0.664. The molecule has 0 N–H and O–H groups in total. The number of benzene rings is 7. The Kier molecular flexibility index (Phi) is 7.14. The van der Waals surface area contributed by atoms with Crippen molar-refractivity contribution in [3.63, 3.8) is 0 Å². The number of hydrogen-bond acceptors (Lipinski definition) is 3. The lowest BCUT2D eigenvalue weighted by Crippen LogP contribution is -2.16. The molecule has 0 unspecified atom stereocenters. The number of para-hydroxylation sites is 2. The molecule has 7 aromatic carbocycles. The van der Waals surface area contributed by atoms with Crippen molar-refractivity contribution in [1.82, 2.24) is 19.5 Å². The monoisotopic (exact) mass is 691 g/mol. The zero-order chi connectivity index (χ0) is 36.4. The second-order valence-corrected chi connectivity index (χ2v) is 14.3. The summed E-state index contributed by atoms with van der Waals surface area (Å²) in [7, 11) is 0. The van der Waals surface area contributed by atoms with E-state index in [2.05, 4.69) is 102 Å². The van der Waals surface area contributed by atoms with Crippen LogP contribution in [-0.2, 0) is 5.41 Å². The second kappa shape index (κ2) is 12.2. The van der Waals surface area contributed by atoms with Crippen LogP contribution in [0.3, 0.4) is 0 Å². The van der Waals surface area contributed by atoms with Gasteiger partial charge in [0, 0.05) is 38.6 Å². The number of aromatic nitrogens is 4. The van der Waals surface area contributed by atoms with Gasteiger partial charge in [0.25, 0.3) is 0 Å². The molecule has 1 aliphatic carbocycles. The third-order valence-electron chi connectivity index (χ3n) is 10.8. The second-order valence-electron chi connectivity index (χ2n) is 14.3. The molecule has 2 aromatic heterocycles. The average molecular weight is 692 g/mol.